The number of hydrogen-bond acceptors (Lipinski definition) is 2. The van der Waals surface area contributed by atoms with Gasteiger partial charge in [-0.3, -0.25) is 4.79 Å². The van der Waals surface area contributed by atoms with Crippen molar-refractivity contribution in [2.75, 3.05) is 7.11 Å². The SMILES string of the molecule is COC(=O)C12C3[C@@H]4C5CC([C@H]41)[C@H]2[C@@H]53. The molecule has 6 saturated carbocycles. The summed E-state index contributed by atoms with van der Waals surface area (Å²) in [5.41, 5.74) is 0.0990. The fourth-order valence-electron chi connectivity index (χ4n) is 6.47. The van der Waals surface area contributed by atoms with Crippen LogP contribution < -0.4 is 0 Å². The number of methoxy groups -OCH3 is 1. The standard InChI is InChI=1S/C11H12O2/c1-13-10(12)11-7-4-2-3-5(7)9(11)6(3)8(4)11/h3-9H,2H2,1H3/t3?,4?,5-,6-,7-,8+,9?,11?/m1/s1. The average Bonchev–Trinajstić information content (AvgIpc) is 2.43. The van der Waals surface area contributed by atoms with Gasteiger partial charge in [0.1, 0.15) is 0 Å². The van der Waals surface area contributed by atoms with E-state index in [0.29, 0.717) is 0 Å². The Kier molecular flexibility index (Phi) is 0.591. The first kappa shape index (κ1) is 6.05. The molecular weight excluding hydrogens is 164 g/mol. The van der Waals surface area contributed by atoms with Crippen LogP contribution in [0.5, 0.6) is 0 Å². The topological polar surface area (TPSA) is 26.3 Å². The molecule has 2 bridgehead atoms. The second kappa shape index (κ2) is 1.27. The fraction of sp³-hybridized carbons (Fsp3) is 0.909. The van der Waals surface area contributed by atoms with Gasteiger partial charge < -0.3 is 4.74 Å². The third-order valence-electron chi connectivity index (χ3n) is 6.31. The van der Waals surface area contributed by atoms with Crippen molar-refractivity contribution in [3.8, 4) is 0 Å². The Morgan fingerprint density at radius 2 is 1.92 bits per heavy atom. The van der Waals surface area contributed by atoms with E-state index in [2.05, 4.69) is 0 Å². The molecule has 4 unspecified atom stereocenters. The zero-order valence-electron chi connectivity index (χ0n) is 7.57. The van der Waals surface area contributed by atoms with E-state index in [1.807, 2.05) is 0 Å². The van der Waals surface area contributed by atoms with E-state index in [0.717, 1.165) is 41.4 Å². The molecule has 0 aliphatic heterocycles. The van der Waals surface area contributed by atoms with Gasteiger partial charge in [0, 0.05) is 0 Å². The van der Waals surface area contributed by atoms with Crippen LogP contribution in [-0.4, -0.2) is 13.1 Å². The third kappa shape index (κ3) is 0.272. The van der Waals surface area contributed by atoms with Crippen LogP contribution >= 0.6 is 0 Å². The summed E-state index contributed by atoms with van der Waals surface area (Å²) >= 11 is 0. The van der Waals surface area contributed by atoms with Crippen LogP contribution in [0.1, 0.15) is 6.42 Å². The quantitative estimate of drug-likeness (QED) is 0.555. The Morgan fingerprint density at radius 1 is 1.23 bits per heavy atom. The molecule has 0 N–H and O–H groups in total. The Morgan fingerprint density at radius 3 is 2.46 bits per heavy atom. The van der Waals surface area contributed by atoms with E-state index in [1.165, 1.54) is 6.42 Å². The molecule has 0 aromatic heterocycles. The summed E-state index contributed by atoms with van der Waals surface area (Å²) in [7, 11) is 1.56. The molecule has 2 nitrogen and oxygen atoms in total. The number of ether oxygens (including phenoxy) is 1. The lowest BCUT2D eigenvalue weighted by Crippen LogP contribution is -2.90. The van der Waals surface area contributed by atoms with Crippen molar-refractivity contribution in [1.29, 1.82) is 0 Å². The summed E-state index contributed by atoms with van der Waals surface area (Å²) in [6.45, 7) is 0. The molecule has 6 fully saturated rings. The Hall–Kier alpha value is -0.530. The van der Waals surface area contributed by atoms with Gasteiger partial charge in [-0.1, -0.05) is 0 Å². The second-order valence-corrected chi connectivity index (χ2v) is 5.72. The highest BCUT2D eigenvalue weighted by Gasteiger charge is 3.00. The van der Waals surface area contributed by atoms with Crippen LogP contribution in [0.2, 0.25) is 0 Å². The molecule has 0 spiro atoms. The van der Waals surface area contributed by atoms with Gasteiger partial charge in [-0.2, -0.15) is 0 Å². The van der Waals surface area contributed by atoms with Crippen LogP contribution in [-0.2, 0) is 9.53 Å². The maximum absolute atomic E-state index is 11.7. The largest absolute Gasteiger partial charge is 0.469 e. The van der Waals surface area contributed by atoms with Gasteiger partial charge >= 0.3 is 5.97 Å². The zero-order valence-corrected chi connectivity index (χ0v) is 7.57. The Balaban J connectivity index is 1.68. The van der Waals surface area contributed by atoms with Crippen molar-refractivity contribution < 1.29 is 9.53 Å². The molecule has 13 heavy (non-hydrogen) atoms. The van der Waals surface area contributed by atoms with E-state index in [-0.39, 0.29) is 11.4 Å². The lowest BCUT2D eigenvalue weighted by atomic mass is 9.13. The van der Waals surface area contributed by atoms with E-state index in [4.69, 9.17) is 4.74 Å². The van der Waals surface area contributed by atoms with Crippen LogP contribution in [0, 0.1) is 46.8 Å². The van der Waals surface area contributed by atoms with Crippen molar-refractivity contribution >= 4 is 5.97 Å². The highest BCUT2D eigenvalue weighted by molar-refractivity contribution is 5.85. The maximum Gasteiger partial charge on any atom is 0.312 e. The minimum absolute atomic E-state index is 0.0990. The monoisotopic (exact) mass is 176 g/mol. The number of carbonyl (C=O) groups excluding carboxylic acids is 1. The molecular formula is C11H12O2. The summed E-state index contributed by atoms with van der Waals surface area (Å²) in [5, 5.41) is 0. The van der Waals surface area contributed by atoms with Crippen molar-refractivity contribution in [2.24, 2.45) is 46.8 Å². The highest BCUT2D eigenvalue weighted by Crippen LogP contribution is 2.99. The molecule has 0 aromatic rings. The number of hydrogen-bond donors (Lipinski definition) is 0. The highest BCUT2D eigenvalue weighted by atomic mass is 16.5. The molecule has 0 saturated heterocycles. The summed E-state index contributed by atoms with van der Waals surface area (Å²) in [4.78, 5) is 11.7. The van der Waals surface area contributed by atoms with Crippen LogP contribution in [0.4, 0.5) is 0 Å². The second-order valence-electron chi connectivity index (χ2n) is 5.72. The first-order valence-electron chi connectivity index (χ1n) is 5.42. The van der Waals surface area contributed by atoms with Gasteiger partial charge in [-0.15, -0.1) is 0 Å². The van der Waals surface area contributed by atoms with E-state index >= 15 is 0 Å². The number of rotatable bonds is 1. The molecule has 0 heterocycles. The van der Waals surface area contributed by atoms with Crippen LogP contribution in [0.3, 0.4) is 0 Å². The Labute approximate surface area is 76.6 Å². The average molecular weight is 176 g/mol. The van der Waals surface area contributed by atoms with E-state index < -0.39 is 0 Å². The predicted octanol–water partition coefficient (Wildman–Crippen LogP) is 0.917. The minimum Gasteiger partial charge on any atom is -0.469 e. The van der Waals surface area contributed by atoms with Gasteiger partial charge in [0.05, 0.1) is 12.5 Å². The molecule has 0 aromatic carbocycles. The lowest BCUT2D eigenvalue weighted by Gasteiger charge is -2.89. The van der Waals surface area contributed by atoms with Crippen molar-refractivity contribution in [1.82, 2.24) is 0 Å². The van der Waals surface area contributed by atoms with Gasteiger partial charge in [0.15, 0.2) is 0 Å². The zero-order chi connectivity index (χ0) is 8.53. The van der Waals surface area contributed by atoms with Crippen molar-refractivity contribution in [3.05, 3.63) is 0 Å². The molecule has 0 radical (unpaired) electrons. The summed E-state index contributed by atoms with van der Waals surface area (Å²) in [6, 6.07) is 0. The third-order valence-corrected chi connectivity index (χ3v) is 6.31. The first-order valence-corrected chi connectivity index (χ1v) is 5.42. The predicted molar refractivity (Wildman–Crippen MR) is 43.5 cm³/mol. The van der Waals surface area contributed by atoms with Crippen LogP contribution in [0.15, 0.2) is 0 Å². The minimum atomic E-state index is 0.0990. The smallest absolute Gasteiger partial charge is 0.312 e. The Bertz CT molecular complexity index is 337. The molecule has 6 rings (SSSR count). The molecule has 6 aliphatic rings. The molecule has 8 atom stereocenters. The lowest BCUT2D eigenvalue weighted by molar-refractivity contribution is -0.430. The summed E-state index contributed by atoms with van der Waals surface area (Å²) in [5.74, 6) is 6.43. The fourth-order valence-corrected chi connectivity index (χ4v) is 6.47. The van der Waals surface area contributed by atoms with Gasteiger partial charge in [0.2, 0.25) is 0 Å². The van der Waals surface area contributed by atoms with Crippen molar-refractivity contribution in [3.63, 3.8) is 0 Å². The van der Waals surface area contributed by atoms with Gasteiger partial charge in [-0.05, 0) is 47.8 Å². The summed E-state index contributed by atoms with van der Waals surface area (Å²) in [6.07, 6.45) is 1.46. The molecule has 0 amide bonds. The normalized spacial score (nSPS) is 77.2. The molecule has 68 valence electrons. The molecule has 6 aliphatic carbocycles. The van der Waals surface area contributed by atoms with Crippen LogP contribution in [0.25, 0.3) is 0 Å². The van der Waals surface area contributed by atoms with Crippen molar-refractivity contribution in [2.45, 2.75) is 6.42 Å². The summed E-state index contributed by atoms with van der Waals surface area (Å²) < 4.78 is 4.98. The van der Waals surface area contributed by atoms with Gasteiger partial charge in [-0.25, -0.2) is 0 Å². The maximum atomic E-state index is 11.7. The number of carbonyl (C=O) groups is 1. The molecule has 2 heteroatoms. The van der Waals surface area contributed by atoms with E-state index in [9.17, 15) is 4.79 Å². The van der Waals surface area contributed by atoms with Gasteiger partial charge in [0.25, 0.3) is 0 Å². The number of esters is 1. The first-order chi connectivity index (χ1) is 6.33. The van der Waals surface area contributed by atoms with E-state index in [1.54, 1.807) is 7.11 Å².